The smallest absolute Gasteiger partial charge is 0.303 e. The lowest BCUT2D eigenvalue weighted by atomic mass is 10.1. The maximum atomic E-state index is 11.9. The summed E-state index contributed by atoms with van der Waals surface area (Å²) >= 11 is 0. The molecule has 1 fully saturated rings. The van der Waals surface area contributed by atoms with E-state index >= 15 is 0 Å². The number of ether oxygens (including phenoxy) is 5. The van der Waals surface area contributed by atoms with E-state index in [0.29, 0.717) is 22.6 Å². The molecule has 0 aliphatic carbocycles. The molecular formula is C23H24N4O8. The lowest BCUT2D eigenvalue weighted by molar-refractivity contribution is -0.166. The first-order valence-electron chi connectivity index (χ1n) is 10.7. The number of aromatic nitrogens is 4. The van der Waals surface area contributed by atoms with E-state index in [0.717, 1.165) is 5.56 Å². The highest BCUT2D eigenvalue weighted by molar-refractivity contribution is 5.87. The summed E-state index contributed by atoms with van der Waals surface area (Å²) in [5.41, 5.74) is 2.19. The first kappa shape index (κ1) is 24.1. The Morgan fingerprint density at radius 1 is 1.00 bits per heavy atom. The van der Waals surface area contributed by atoms with Crippen molar-refractivity contribution < 1.29 is 38.1 Å². The molecule has 1 aromatic carbocycles. The van der Waals surface area contributed by atoms with E-state index < -0.39 is 42.4 Å². The molecule has 12 heteroatoms. The zero-order chi connectivity index (χ0) is 25.1. The van der Waals surface area contributed by atoms with Gasteiger partial charge in [-0.05, 0) is 12.1 Å². The van der Waals surface area contributed by atoms with Crippen molar-refractivity contribution in [2.45, 2.75) is 45.3 Å². The molecule has 1 aliphatic rings. The monoisotopic (exact) mass is 484 g/mol. The van der Waals surface area contributed by atoms with Gasteiger partial charge in [-0.3, -0.25) is 19.0 Å². The molecule has 2 aromatic heterocycles. The molecule has 184 valence electrons. The molecule has 3 heterocycles. The van der Waals surface area contributed by atoms with E-state index in [1.165, 1.54) is 33.4 Å². The first-order chi connectivity index (χ1) is 16.8. The molecule has 12 nitrogen and oxygen atoms in total. The molecule has 0 N–H and O–H groups in total. The van der Waals surface area contributed by atoms with Gasteiger partial charge in [0.05, 0.1) is 13.4 Å². The summed E-state index contributed by atoms with van der Waals surface area (Å²) in [5.74, 6) is -1.10. The molecule has 35 heavy (non-hydrogen) atoms. The number of hydrogen-bond donors (Lipinski definition) is 0. The zero-order valence-corrected chi connectivity index (χ0v) is 19.5. The van der Waals surface area contributed by atoms with Gasteiger partial charge < -0.3 is 23.7 Å². The Balaban J connectivity index is 1.76. The summed E-state index contributed by atoms with van der Waals surface area (Å²) in [6.45, 7) is 3.49. The lowest BCUT2D eigenvalue weighted by Crippen LogP contribution is -2.40. The Morgan fingerprint density at radius 2 is 1.74 bits per heavy atom. The summed E-state index contributed by atoms with van der Waals surface area (Å²) in [7, 11) is 1.57. The van der Waals surface area contributed by atoms with Crippen molar-refractivity contribution >= 4 is 29.1 Å². The van der Waals surface area contributed by atoms with Crippen molar-refractivity contribution in [3.05, 3.63) is 36.9 Å². The first-order valence-corrected chi connectivity index (χ1v) is 10.7. The molecule has 0 saturated carbocycles. The van der Waals surface area contributed by atoms with Crippen LogP contribution in [-0.4, -0.2) is 69.5 Å². The van der Waals surface area contributed by atoms with Gasteiger partial charge in [-0.2, -0.15) is 0 Å². The summed E-state index contributed by atoms with van der Waals surface area (Å²) in [5, 5.41) is 0. The van der Waals surface area contributed by atoms with Crippen LogP contribution in [0.15, 0.2) is 36.9 Å². The maximum absolute atomic E-state index is 11.9. The van der Waals surface area contributed by atoms with Crippen LogP contribution in [0.3, 0.4) is 0 Å². The van der Waals surface area contributed by atoms with E-state index in [-0.39, 0.29) is 6.61 Å². The second-order valence-electron chi connectivity index (χ2n) is 7.79. The number of rotatable bonds is 7. The minimum Gasteiger partial charge on any atom is -0.497 e. The van der Waals surface area contributed by atoms with Crippen LogP contribution in [0, 0.1) is 0 Å². The van der Waals surface area contributed by atoms with Gasteiger partial charge in [-0.15, -0.1) is 0 Å². The molecule has 1 saturated heterocycles. The number of hydrogen-bond acceptors (Lipinski definition) is 11. The SMILES string of the molecule is COc1cccc(-c2ncnc3c2ncn3[C@@H]2O[C@H](COC(C)=O)[C@@H](OC(C)=O)[C@H]2OC(C)=O)c1. The van der Waals surface area contributed by atoms with Gasteiger partial charge in [-0.1, -0.05) is 12.1 Å². The fourth-order valence-electron chi connectivity index (χ4n) is 3.94. The minimum absolute atomic E-state index is 0.210. The van der Waals surface area contributed by atoms with Crippen molar-refractivity contribution in [2.24, 2.45) is 0 Å². The highest BCUT2D eigenvalue weighted by Gasteiger charge is 2.51. The van der Waals surface area contributed by atoms with Gasteiger partial charge in [0.15, 0.2) is 24.1 Å². The molecule has 0 spiro atoms. The predicted octanol–water partition coefficient (Wildman–Crippen LogP) is 1.83. The van der Waals surface area contributed by atoms with Crippen LogP contribution in [0.25, 0.3) is 22.4 Å². The Bertz CT molecular complexity index is 1260. The summed E-state index contributed by atoms with van der Waals surface area (Å²) < 4.78 is 29.0. The average molecular weight is 484 g/mol. The molecule has 0 amide bonds. The van der Waals surface area contributed by atoms with Crippen LogP contribution in [0.2, 0.25) is 0 Å². The van der Waals surface area contributed by atoms with Crippen LogP contribution in [0.5, 0.6) is 5.75 Å². The largest absolute Gasteiger partial charge is 0.497 e. The Morgan fingerprint density at radius 3 is 2.43 bits per heavy atom. The van der Waals surface area contributed by atoms with Crippen molar-refractivity contribution in [1.82, 2.24) is 19.5 Å². The van der Waals surface area contributed by atoms with Crippen LogP contribution in [0.1, 0.15) is 27.0 Å². The molecular weight excluding hydrogens is 460 g/mol. The van der Waals surface area contributed by atoms with Gasteiger partial charge in [0.2, 0.25) is 0 Å². The number of nitrogens with zero attached hydrogens (tertiary/aromatic N) is 4. The van der Waals surface area contributed by atoms with Crippen LogP contribution in [-0.2, 0) is 33.3 Å². The highest BCUT2D eigenvalue weighted by Crippen LogP contribution is 2.37. The summed E-state index contributed by atoms with van der Waals surface area (Å²) in [6, 6.07) is 7.33. The van der Waals surface area contributed by atoms with Crippen LogP contribution >= 0.6 is 0 Å². The van der Waals surface area contributed by atoms with Gasteiger partial charge in [0, 0.05) is 26.3 Å². The molecule has 4 rings (SSSR count). The van der Waals surface area contributed by atoms with Crippen molar-refractivity contribution in [3.8, 4) is 17.0 Å². The van der Waals surface area contributed by atoms with E-state index in [1.807, 2.05) is 24.3 Å². The minimum atomic E-state index is -1.05. The van der Waals surface area contributed by atoms with E-state index in [2.05, 4.69) is 15.0 Å². The number of fused-ring (bicyclic) bond motifs is 1. The third-order valence-electron chi connectivity index (χ3n) is 5.32. The van der Waals surface area contributed by atoms with Gasteiger partial charge in [0.1, 0.15) is 36.0 Å². The van der Waals surface area contributed by atoms with Crippen LogP contribution in [0.4, 0.5) is 0 Å². The van der Waals surface area contributed by atoms with Crippen LogP contribution < -0.4 is 4.74 Å². The van der Waals surface area contributed by atoms with E-state index in [9.17, 15) is 14.4 Å². The number of carbonyl (C=O) groups excluding carboxylic acids is 3. The van der Waals surface area contributed by atoms with Gasteiger partial charge in [0.25, 0.3) is 0 Å². The third kappa shape index (κ3) is 5.06. The third-order valence-corrected chi connectivity index (χ3v) is 5.32. The van der Waals surface area contributed by atoms with E-state index in [4.69, 9.17) is 23.7 Å². The van der Waals surface area contributed by atoms with Crippen molar-refractivity contribution in [2.75, 3.05) is 13.7 Å². The van der Waals surface area contributed by atoms with E-state index in [1.54, 1.807) is 11.7 Å². The number of methoxy groups -OCH3 is 1. The molecule has 4 atom stereocenters. The Hall–Kier alpha value is -4.06. The highest BCUT2D eigenvalue weighted by atomic mass is 16.7. The molecule has 0 bridgehead atoms. The summed E-state index contributed by atoms with van der Waals surface area (Å²) in [6.07, 6.45) is -1.09. The zero-order valence-electron chi connectivity index (χ0n) is 19.5. The van der Waals surface area contributed by atoms with Gasteiger partial charge >= 0.3 is 17.9 Å². The van der Waals surface area contributed by atoms with Crippen molar-refractivity contribution in [3.63, 3.8) is 0 Å². The fourth-order valence-corrected chi connectivity index (χ4v) is 3.94. The number of imidazole rings is 1. The predicted molar refractivity (Wildman–Crippen MR) is 119 cm³/mol. The second-order valence-corrected chi connectivity index (χ2v) is 7.79. The fraction of sp³-hybridized carbons (Fsp3) is 0.391. The topological polar surface area (TPSA) is 141 Å². The number of carbonyl (C=O) groups is 3. The Labute approximate surface area is 200 Å². The standard InChI is InChI=1S/C23H24N4O8/c1-12(28)32-9-17-20(33-13(2)29)21(34-14(3)30)23(35-17)27-11-26-19-18(24-10-25-22(19)27)15-6-5-7-16(8-15)31-4/h5-8,10-11,17,20-21,23H,9H2,1-4H3/t17-,20-,21-,23-/m1/s1. The quantitative estimate of drug-likeness (QED) is 0.358. The van der Waals surface area contributed by atoms with Crippen molar-refractivity contribution in [1.29, 1.82) is 0 Å². The summed E-state index contributed by atoms with van der Waals surface area (Å²) in [4.78, 5) is 48.3. The lowest BCUT2D eigenvalue weighted by Gasteiger charge is -2.23. The normalized spacial score (nSPS) is 21.5. The molecule has 1 aliphatic heterocycles. The average Bonchev–Trinajstić information content (AvgIpc) is 3.38. The van der Waals surface area contributed by atoms with Gasteiger partial charge in [-0.25, -0.2) is 15.0 Å². The number of esters is 3. The molecule has 3 aromatic rings. The maximum Gasteiger partial charge on any atom is 0.303 e. The number of benzene rings is 1. The Kier molecular flexibility index (Phi) is 6.92. The molecule has 0 unspecified atom stereocenters. The second kappa shape index (κ2) is 10.1. The molecule has 0 radical (unpaired) electrons.